The van der Waals surface area contributed by atoms with E-state index in [4.69, 9.17) is 0 Å². The summed E-state index contributed by atoms with van der Waals surface area (Å²) < 4.78 is 16.6. The molecule has 1 heterocycles. The standard InChI is InChI=1S/Na.HO6P/c;1-7(2)5-3-4-6-7/h;(H,1,2)/q+1;/p-1. The van der Waals surface area contributed by atoms with E-state index in [1.54, 1.807) is 0 Å². The molecule has 0 amide bonds. The van der Waals surface area contributed by atoms with Gasteiger partial charge in [-0.15, -0.1) is 9.35 Å². The van der Waals surface area contributed by atoms with Gasteiger partial charge >= 0.3 is 37.4 Å². The van der Waals surface area contributed by atoms with Gasteiger partial charge in [0.25, 0.3) is 0 Å². The molecule has 42 valence electrons. The fourth-order valence-corrected chi connectivity index (χ4v) is 0.335. The predicted octanol–water partition coefficient (Wildman–Crippen LogP) is -3.72. The van der Waals surface area contributed by atoms with Crippen LogP contribution in [-0.4, -0.2) is 0 Å². The second kappa shape index (κ2) is 3.26. The van der Waals surface area contributed by atoms with Crippen molar-refractivity contribution in [2.75, 3.05) is 0 Å². The number of hydrogen-bond acceptors (Lipinski definition) is 6. The second-order valence-corrected chi connectivity index (χ2v) is 1.92. The van der Waals surface area contributed by atoms with Gasteiger partial charge in [0, 0.05) is 0 Å². The molecule has 1 rings (SSSR count). The minimum atomic E-state index is -4.24. The summed E-state index contributed by atoms with van der Waals surface area (Å²) in [6, 6.07) is 0. The van der Waals surface area contributed by atoms with Crippen molar-refractivity contribution in [3.63, 3.8) is 0 Å². The first-order chi connectivity index (χ1) is 3.21. The smallest absolute Gasteiger partial charge is 0.753 e. The van der Waals surface area contributed by atoms with E-state index in [1.165, 1.54) is 0 Å². The van der Waals surface area contributed by atoms with Gasteiger partial charge in [0.05, 0.1) is 0 Å². The summed E-state index contributed by atoms with van der Waals surface area (Å²) in [5.41, 5.74) is 0. The van der Waals surface area contributed by atoms with Crippen LogP contribution >= 0.6 is 7.82 Å². The normalized spacial score (nSPS) is 24.6. The third kappa shape index (κ3) is 2.54. The second-order valence-electron chi connectivity index (χ2n) is 0.732. The zero-order chi connectivity index (χ0) is 5.33. The molecule has 0 atom stereocenters. The van der Waals surface area contributed by atoms with Gasteiger partial charge in [0.1, 0.15) is 0 Å². The SMILES string of the molecule is O=P1([O-])OOOO1.[Na+]. The Labute approximate surface area is 66.4 Å². The molecule has 0 saturated carbocycles. The number of rotatable bonds is 0. The molecule has 1 saturated heterocycles. The molecule has 8 heavy (non-hydrogen) atoms. The van der Waals surface area contributed by atoms with Crippen LogP contribution in [0.5, 0.6) is 0 Å². The van der Waals surface area contributed by atoms with Crippen LogP contribution in [-0.2, 0) is 24.0 Å². The van der Waals surface area contributed by atoms with E-state index in [1.807, 2.05) is 0 Å². The quantitative estimate of drug-likeness (QED) is 0.201. The maximum Gasteiger partial charge on any atom is 1.00 e. The molecule has 6 nitrogen and oxygen atoms in total. The maximum atomic E-state index is 9.76. The van der Waals surface area contributed by atoms with Gasteiger partial charge < -0.3 is 4.89 Å². The molecule has 8 heteroatoms. The van der Waals surface area contributed by atoms with E-state index in [9.17, 15) is 9.46 Å². The van der Waals surface area contributed by atoms with Crippen LogP contribution in [0.25, 0.3) is 0 Å². The zero-order valence-corrected chi connectivity index (χ0v) is 6.79. The van der Waals surface area contributed by atoms with Crippen molar-refractivity contribution in [1.82, 2.24) is 0 Å². The van der Waals surface area contributed by atoms with Crippen LogP contribution in [0.1, 0.15) is 0 Å². The van der Waals surface area contributed by atoms with Crippen LogP contribution in [0.15, 0.2) is 0 Å². The molecule has 0 aromatic heterocycles. The van der Waals surface area contributed by atoms with Gasteiger partial charge in [-0.1, -0.05) is 0 Å². The molecule has 0 aromatic carbocycles. The van der Waals surface area contributed by atoms with E-state index < -0.39 is 7.82 Å². The monoisotopic (exact) mass is 150 g/mol. The first kappa shape index (κ1) is 9.03. The van der Waals surface area contributed by atoms with Gasteiger partial charge in [0.15, 0.2) is 0 Å². The molecular formula is NaO6P. The Bertz CT molecular complexity index is 99.1. The Balaban J connectivity index is 0.000000490. The van der Waals surface area contributed by atoms with Crippen LogP contribution in [0.2, 0.25) is 0 Å². The molecule has 0 aliphatic carbocycles. The maximum absolute atomic E-state index is 9.76. The van der Waals surface area contributed by atoms with E-state index in [0.29, 0.717) is 0 Å². The minimum absolute atomic E-state index is 0. The average molecular weight is 150 g/mol. The van der Waals surface area contributed by atoms with E-state index in [-0.39, 0.29) is 29.6 Å². The molecule has 1 aliphatic heterocycles. The molecule has 1 aliphatic rings. The molecule has 0 spiro atoms. The van der Waals surface area contributed by atoms with E-state index in [2.05, 4.69) is 19.4 Å². The van der Waals surface area contributed by atoms with Crippen LogP contribution in [0, 0.1) is 0 Å². The minimum Gasteiger partial charge on any atom is -0.753 e. The summed E-state index contributed by atoms with van der Waals surface area (Å²) in [6.07, 6.45) is 0. The number of hydrogen-bond donors (Lipinski definition) is 0. The molecular weight excluding hydrogens is 150 g/mol. The third-order valence-corrected chi connectivity index (χ3v) is 0.758. The summed E-state index contributed by atoms with van der Waals surface area (Å²) in [6.45, 7) is 0. The first-order valence-corrected chi connectivity index (χ1v) is 2.69. The van der Waals surface area contributed by atoms with Crippen molar-refractivity contribution in [1.29, 1.82) is 0 Å². The van der Waals surface area contributed by atoms with E-state index >= 15 is 0 Å². The van der Waals surface area contributed by atoms with Crippen LogP contribution in [0.4, 0.5) is 0 Å². The first-order valence-electron chi connectivity index (χ1n) is 1.23. The summed E-state index contributed by atoms with van der Waals surface area (Å²) in [4.78, 5) is 9.76. The molecule has 0 radical (unpaired) electrons. The molecule has 1 fully saturated rings. The average Bonchev–Trinajstić information content (AvgIpc) is 1.84. The van der Waals surface area contributed by atoms with Crippen molar-refractivity contribution >= 4 is 7.82 Å². The molecule has 0 bridgehead atoms. The Hall–Kier alpha value is 1.03. The largest absolute Gasteiger partial charge is 1.00 e. The van der Waals surface area contributed by atoms with Crippen molar-refractivity contribution in [3.8, 4) is 0 Å². The summed E-state index contributed by atoms with van der Waals surface area (Å²) in [5.74, 6) is 0. The van der Waals surface area contributed by atoms with Gasteiger partial charge in [0.2, 0.25) is 0 Å². The fraction of sp³-hybridized carbons (Fsp3) is 0. The summed E-state index contributed by atoms with van der Waals surface area (Å²) in [5, 5.41) is 6.72. The Morgan fingerprint density at radius 3 is 1.75 bits per heavy atom. The zero-order valence-electron chi connectivity index (χ0n) is 3.90. The Morgan fingerprint density at radius 2 is 1.62 bits per heavy atom. The topological polar surface area (TPSA) is 77.1 Å². The summed E-state index contributed by atoms with van der Waals surface area (Å²) >= 11 is 0. The number of phosphoric acid groups is 1. The van der Waals surface area contributed by atoms with E-state index in [0.717, 1.165) is 0 Å². The molecule has 0 aromatic rings. The molecule has 0 N–H and O–H groups in total. The summed E-state index contributed by atoms with van der Waals surface area (Å²) in [7, 11) is -4.24. The van der Waals surface area contributed by atoms with Crippen molar-refractivity contribution < 1.29 is 58.4 Å². The van der Waals surface area contributed by atoms with Gasteiger partial charge in [-0.3, -0.25) is 4.57 Å². The Morgan fingerprint density at radius 1 is 1.25 bits per heavy atom. The predicted molar refractivity (Wildman–Crippen MR) is 11.9 cm³/mol. The Kier molecular flexibility index (Phi) is 3.68. The van der Waals surface area contributed by atoms with Gasteiger partial charge in [-0.2, -0.15) is 0 Å². The fourth-order valence-electron chi connectivity index (χ4n) is 0.112. The van der Waals surface area contributed by atoms with Crippen molar-refractivity contribution in [3.05, 3.63) is 0 Å². The van der Waals surface area contributed by atoms with Gasteiger partial charge in [-0.05, 0) is 10.1 Å². The van der Waals surface area contributed by atoms with Crippen LogP contribution in [0.3, 0.4) is 0 Å². The molecule has 0 unspecified atom stereocenters. The van der Waals surface area contributed by atoms with Crippen LogP contribution < -0.4 is 34.5 Å². The van der Waals surface area contributed by atoms with Crippen molar-refractivity contribution in [2.45, 2.75) is 0 Å². The third-order valence-electron chi connectivity index (χ3n) is 0.271. The van der Waals surface area contributed by atoms with Gasteiger partial charge in [-0.25, -0.2) is 0 Å². The van der Waals surface area contributed by atoms with Crippen molar-refractivity contribution in [2.24, 2.45) is 0 Å².